The fourth-order valence-electron chi connectivity index (χ4n) is 5.00. The summed E-state index contributed by atoms with van der Waals surface area (Å²) in [5.41, 5.74) is 1.98. The topological polar surface area (TPSA) is 105 Å². The van der Waals surface area contributed by atoms with Crippen LogP contribution in [-0.4, -0.2) is 58.0 Å². The van der Waals surface area contributed by atoms with Gasteiger partial charge in [0.25, 0.3) is 10.0 Å². The molecule has 2 atom stereocenters. The zero-order chi connectivity index (χ0) is 33.1. The molecule has 0 unspecified atom stereocenters. The summed E-state index contributed by atoms with van der Waals surface area (Å²) in [7, 11) is -1.41. The maximum absolute atomic E-state index is 14.5. The number of methoxy groups -OCH3 is 2. The molecule has 4 aromatic rings. The van der Waals surface area contributed by atoms with Crippen LogP contribution in [0.15, 0.2) is 114 Å². The summed E-state index contributed by atoms with van der Waals surface area (Å²) in [6.07, 6.45) is 0.956. The fraction of sp³-hybridized carbons (Fsp3) is 0.278. The zero-order valence-electron chi connectivity index (χ0n) is 26.6. The zero-order valence-corrected chi connectivity index (χ0v) is 27.4. The predicted molar refractivity (Wildman–Crippen MR) is 179 cm³/mol. The van der Waals surface area contributed by atoms with E-state index >= 15 is 0 Å². The van der Waals surface area contributed by atoms with Crippen LogP contribution in [0.2, 0.25) is 0 Å². The number of benzene rings is 4. The van der Waals surface area contributed by atoms with Gasteiger partial charge in [-0.1, -0.05) is 85.8 Å². The van der Waals surface area contributed by atoms with Crippen LogP contribution in [0.25, 0.3) is 0 Å². The maximum atomic E-state index is 14.5. The van der Waals surface area contributed by atoms with Crippen molar-refractivity contribution in [2.24, 2.45) is 0 Å². The smallest absolute Gasteiger partial charge is 0.264 e. The molecular formula is C36H41N3O6S. The van der Waals surface area contributed by atoms with E-state index in [1.165, 1.54) is 37.3 Å². The van der Waals surface area contributed by atoms with E-state index in [2.05, 4.69) is 5.32 Å². The van der Waals surface area contributed by atoms with Crippen LogP contribution >= 0.6 is 0 Å². The van der Waals surface area contributed by atoms with Gasteiger partial charge < -0.3 is 19.7 Å². The number of para-hydroxylation sites is 1. The van der Waals surface area contributed by atoms with E-state index in [1.54, 1.807) is 30.3 Å². The number of amides is 2. The van der Waals surface area contributed by atoms with Crippen LogP contribution in [0.3, 0.4) is 0 Å². The van der Waals surface area contributed by atoms with Gasteiger partial charge in [0.15, 0.2) is 11.5 Å². The molecule has 4 rings (SSSR count). The number of anilines is 1. The van der Waals surface area contributed by atoms with Crippen molar-refractivity contribution in [1.29, 1.82) is 0 Å². The Labute approximate surface area is 271 Å². The maximum Gasteiger partial charge on any atom is 0.264 e. The summed E-state index contributed by atoms with van der Waals surface area (Å²) in [4.78, 5) is 29.8. The van der Waals surface area contributed by atoms with Crippen molar-refractivity contribution in [3.63, 3.8) is 0 Å². The lowest BCUT2D eigenvalue weighted by Gasteiger charge is -2.34. The summed E-state index contributed by atoms with van der Waals surface area (Å²) < 4.78 is 40.3. The van der Waals surface area contributed by atoms with Crippen molar-refractivity contribution in [3.05, 3.63) is 120 Å². The van der Waals surface area contributed by atoms with E-state index in [0.717, 1.165) is 15.4 Å². The SMILES string of the molecule is CC[C@@H](C)NC(=O)[C@H](Cc1ccccc1)N(Cc1ccccc1)C(=O)CN(c1ccccc1)S(=O)(=O)c1ccc(OC)c(OC)c1. The first-order valence-corrected chi connectivity index (χ1v) is 16.6. The molecule has 0 bridgehead atoms. The molecule has 1 N–H and O–H groups in total. The van der Waals surface area contributed by atoms with E-state index in [4.69, 9.17) is 9.47 Å². The molecule has 0 aliphatic rings. The third-order valence-electron chi connectivity index (χ3n) is 7.73. The van der Waals surface area contributed by atoms with Crippen molar-refractivity contribution >= 4 is 27.5 Å². The van der Waals surface area contributed by atoms with Crippen molar-refractivity contribution in [2.75, 3.05) is 25.1 Å². The molecule has 46 heavy (non-hydrogen) atoms. The van der Waals surface area contributed by atoms with Crippen LogP contribution < -0.4 is 19.1 Å². The van der Waals surface area contributed by atoms with Gasteiger partial charge in [-0.15, -0.1) is 0 Å². The number of hydrogen-bond acceptors (Lipinski definition) is 6. The third kappa shape index (κ3) is 8.45. The molecule has 0 aliphatic heterocycles. The van der Waals surface area contributed by atoms with Gasteiger partial charge in [-0.2, -0.15) is 0 Å². The fourth-order valence-corrected chi connectivity index (χ4v) is 6.43. The summed E-state index contributed by atoms with van der Waals surface area (Å²) in [6, 6.07) is 30.5. The number of carbonyl (C=O) groups is 2. The number of rotatable bonds is 15. The van der Waals surface area contributed by atoms with E-state index < -0.39 is 28.5 Å². The average molecular weight is 644 g/mol. The van der Waals surface area contributed by atoms with Gasteiger partial charge in [0.05, 0.1) is 24.8 Å². The lowest BCUT2D eigenvalue weighted by Crippen LogP contribution is -2.54. The Morgan fingerprint density at radius 3 is 1.91 bits per heavy atom. The second-order valence-corrected chi connectivity index (χ2v) is 12.8. The second-order valence-electron chi connectivity index (χ2n) is 10.9. The van der Waals surface area contributed by atoms with Crippen molar-refractivity contribution in [2.45, 2.75) is 50.2 Å². The van der Waals surface area contributed by atoms with Gasteiger partial charge in [0.1, 0.15) is 12.6 Å². The molecule has 2 amide bonds. The molecular weight excluding hydrogens is 602 g/mol. The number of sulfonamides is 1. The Balaban J connectivity index is 1.80. The number of ether oxygens (including phenoxy) is 2. The highest BCUT2D eigenvalue weighted by molar-refractivity contribution is 7.92. The molecule has 4 aromatic carbocycles. The molecule has 0 heterocycles. The number of nitrogens with zero attached hydrogens (tertiary/aromatic N) is 2. The van der Waals surface area contributed by atoms with Crippen LogP contribution in [0.5, 0.6) is 11.5 Å². The normalized spacial score (nSPS) is 12.4. The lowest BCUT2D eigenvalue weighted by molar-refractivity contribution is -0.140. The Bertz CT molecular complexity index is 1690. The molecule has 242 valence electrons. The molecule has 9 nitrogen and oxygen atoms in total. The predicted octanol–water partition coefficient (Wildman–Crippen LogP) is 5.45. The number of nitrogens with one attached hydrogen (secondary N) is 1. The van der Waals surface area contributed by atoms with Gasteiger partial charge in [-0.3, -0.25) is 13.9 Å². The van der Waals surface area contributed by atoms with E-state index in [9.17, 15) is 18.0 Å². The second kappa shape index (κ2) is 15.9. The first-order chi connectivity index (χ1) is 22.2. The highest BCUT2D eigenvalue weighted by Crippen LogP contribution is 2.32. The van der Waals surface area contributed by atoms with Crippen LogP contribution in [-0.2, 0) is 32.6 Å². The molecule has 0 saturated carbocycles. The first kappa shape index (κ1) is 34.1. The molecule has 0 aliphatic carbocycles. The summed E-state index contributed by atoms with van der Waals surface area (Å²) in [5.74, 6) is -0.236. The largest absolute Gasteiger partial charge is 0.493 e. The van der Waals surface area contributed by atoms with Gasteiger partial charge in [0.2, 0.25) is 11.8 Å². The number of carbonyl (C=O) groups excluding carboxylic acids is 2. The van der Waals surface area contributed by atoms with Crippen LogP contribution in [0.4, 0.5) is 5.69 Å². The average Bonchev–Trinajstić information content (AvgIpc) is 3.09. The molecule has 0 fully saturated rings. The highest BCUT2D eigenvalue weighted by Gasteiger charge is 2.35. The summed E-state index contributed by atoms with van der Waals surface area (Å²) >= 11 is 0. The number of hydrogen-bond donors (Lipinski definition) is 1. The Morgan fingerprint density at radius 2 is 1.35 bits per heavy atom. The van der Waals surface area contributed by atoms with E-state index in [0.29, 0.717) is 17.9 Å². The standard InChI is InChI=1S/C36H41N3O6S/c1-5-27(2)37-36(41)32(23-28-15-9-6-10-16-28)38(25-29-17-11-7-12-18-29)35(40)26-39(30-19-13-8-14-20-30)46(42,43)31-21-22-33(44-3)34(24-31)45-4/h6-22,24,27,32H,5,23,25-26H2,1-4H3,(H,37,41)/t27-,32+/m1/s1. The van der Waals surface area contributed by atoms with Crippen molar-refractivity contribution < 1.29 is 27.5 Å². The van der Waals surface area contributed by atoms with Gasteiger partial charge in [-0.05, 0) is 48.7 Å². The Kier molecular flexibility index (Phi) is 11.8. The summed E-state index contributed by atoms with van der Waals surface area (Å²) in [5, 5.41) is 3.05. The molecule has 10 heteroatoms. The molecule has 0 spiro atoms. The Morgan fingerprint density at radius 1 is 0.783 bits per heavy atom. The van der Waals surface area contributed by atoms with Crippen LogP contribution in [0, 0.1) is 0 Å². The Hall–Kier alpha value is -4.83. The molecule has 0 saturated heterocycles. The van der Waals surface area contributed by atoms with Gasteiger partial charge >= 0.3 is 0 Å². The van der Waals surface area contributed by atoms with Crippen LogP contribution in [0.1, 0.15) is 31.4 Å². The first-order valence-electron chi connectivity index (χ1n) is 15.1. The monoisotopic (exact) mass is 643 g/mol. The van der Waals surface area contributed by atoms with Crippen molar-refractivity contribution in [1.82, 2.24) is 10.2 Å². The van der Waals surface area contributed by atoms with E-state index in [-0.39, 0.29) is 35.6 Å². The van der Waals surface area contributed by atoms with Gasteiger partial charge in [0, 0.05) is 25.1 Å². The van der Waals surface area contributed by atoms with E-state index in [1.807, 2.05) is 74.5 Å². The third-order valence-corrected chi connectivity index (χ3v) is 9.50. The molecule has 0 radical (unpaired) electrons. The summed E-state index contributed by atoms with van der Waals surface area (Å²) in [6.45, 7) is 3.44. The minimum Gasteiger partial charge on any atom is -0.493 e. The minimum absolute atomic E-state index is 0.0771. The minimum atomic E-state index is -4.29. The highest BCUT2D eigenvalue weighted by atomic mass is 32.2. The quantitative estimate of drug-likeness (QED) is 0.185. The lowest BCUT2D eigenvalue weighted by atomic mass is 10.0. The van der Waals surface area contributed by atoms with Gasteiger partial charge in [-0.25, -0.2) is 8.42 Å². The molecule has 0 aromatic heterocycles. The van der Waals surface area contributed by atoms with Crippen molar-refractivity contribution in [3.8, 4) is 11.5 Å².